The van der Waals surface area contributed by atoms with Crippen LogP contribution in [-0.2, 0) is 9.31 Å². The molecule has 1 aliphatic carbocycles. The summed E-state index contributed by atoms with van der Waals surface area (Å²) in [7, 11) is -0.211. The van der Waals surface area contributed by atoms with Gasteiger partial charge in [-0.2, -0.15) is 0 Å². The molecule has 1 aliphatic heterocycles. The summed E-state index contributed by atoms with van der Waals surface area (Å²) in [5, 5.41) is 0. The fraction of sp³-hybridized carbons (Fsp3) is 1.00. The van der Waals surface area contributed by atoms with Crippen molar-refractivity contribution in [3.05, 3.63) is 0 Å². The molecule has 0 aromatic rings. The zero-order chi connectivity index (χ0) is 14.2. The van der Waals surface area contributed by atoms with E-state index < -0.39 is 0 Å². The molecule has 1 heterocycles. The molecule has 3 nitrogen and oxygen atoms in total. The van der Waals surface area contributed by atoms with Crippen molar-refractivity contribution < 1.29 is 9.31 Å². The first-order chi connectivity index (χ1) is 8.84. The molecular weight excluding hydrogens is 237 g/mol. The van der Waals surface area contributed by atoms with Gasteiger partial charge in [0.25, 0.3) is 0 Å². The Hall–Kier alpha value is -0.0551. The Morgan fingerprint density at radius 2 is 1.95 bits per heavy atom. The minimum atomic E-state index is -0.211. The zero-order valence-electron chi connectivity index (χ0n) is 13.2. The van der Waals surface area contributed by atoms with Crippen LogP contribution >= 0.6 is 0 Å². The quantitative estimate of drug-likeness (QED) is 0.796. The topological polar surface area (TPSA) is 44.5 Å². The van der Waals surface area contributed by atoms with Gasteiger partial charge in [0.15, 0.2) is 0 Å². The van der Waals surface area contributed by atoms with Crippen LogP contribution in [0.5, 0.6) is 0 Å². The van der Waals surface area contributed by atoms with E-state index in [4.69, 9.17) is 15.0 Å². The largest absolute Gasteiger partial charge is 0.475 e. The molecule has 0 aromatic carbocycles. The number of rotatable bonds is 4. The second-order valence-electron chi connectivity index (χ2n) is 7.37. The van der Waals surface area contributed by atoms with E-state index in [1.54, 1.807) is 0 Å². The molecule has 110 valence electrons. The van der Waals surface area contributed by atoms with Gasteiger partial charge in [0.05, 0.1) is 11.7 Å². The lowest BCUT2D eigenvalue weighted by Crippen LogP contribution is -2.49. The van der Waals surface area contributed by atoms with E-state index in [1.807, 2.05) is 0 Å². The summed E-state index contributed by atoms with van der Waals surface area (Å²) in [6.45, 7) is 11.2. The Morgan fingerprint density at radius 3 is 2.53 bits per heavy atom. The summed E-state index contributed by atoms with van der Waals surface area (Å²) in [6.07, 6.45) is 4.81. The lowest BCUT2D eigenvalue weighted by atomic mass is 9.69. The van der Waals surface area contributed by atoms with E-state index in [2.05, 4.69) is 34.6 Å². The van der Waals surface area contributed by atoms with Crippen LogP contribution in [0.15, 0.2) is 0 Å². The highest BCUT2D eigenvalue weighted by Crippen LogP contribution is 2.46. The van der Waals surface area contributed by atoms with E-state index in [0.29, 0.717) is 17.8 Å². The molecular formula is C15H30BNO2. The predicted octanol–water partition coefficient (Wildman–Crippen LogP) is 3.02. The first-order valence-electron chi connectivity index (χ1n) is 7.93. The molecule has 2 N–H and O–H groups in total. The average Bonchev–Trinajstić information content (AvgIpc) is 2.64. The molecule has 1 saturated carbocycles. The third-order valence-corrected chi connectivity index (χ3v) is 4.92. The molecule has 19 heavy (non-hydrogen) atoms. The standard InChI is InChI=1S/C15H30BNO2/c1-10(2)9-14(17)16-18-13-8-6-7-12(11(3)4)15(13,5)19-16/h10-14H,6-9,17H2,1-5H3/t12?,13?,14?,15-/m0/s1. The predicted molar refractivity (Wildman–Crippen MR) is 79.7 cm³/mol. The second-order valence-corrected chi connectivity index (χ2v) is 7.37. The van der Waals surface area contributed by atoms with Crippen molar-refractivity contribution in [2.45, 2.75) is 77.9 Å². The number of nitrogens with two attached hydrogens (primary N) is 1. The van der Waals surface area contributed by atoms with Crippen LogP contribution in [0.25, 0.3) is 0 Å². The van der Waals surface area contributed by atoms with Crippen molar-refractivity contribution in [3.8, 4) is 0 Å². The molecule has 0 aromatic heterocycles. The van der Waals surface area contributed by atoms with Crippen LogP contribution in [-0.4, -0.2) is 24.8 Å². The van der Waals surface area contributed by atoms with Gasteiger partial charge in [0.2, 0.25) is 0 Å². The summed E-state index contributed by atoms with van der Waals surface area (Å²) in [5.41, 5.74) is 6.13. The Bertz CT molecular complexity index is 311. The lowest BCUT2D eigenvalue weighted by molar-refractivity contribution is -0.0510. The molecule has 0 radical (unpaired) electrons. The van der Waals surface area contributed by atoms with Gasteiger partial charge in [-0.05, 0) is 43.9 Å². The molecule has 0 spiro atoms. The molecule has 2 fully saturated rings. The second kappa shape index (κ2) is 5.75. The van der Waals surface area contributed by atoms with Crippen LogP contribution in [0.1, 0.15) is 60.3 Å². The number of fused-ring (bicyclic) bond motifs is 1. The Labute approximate surface area is 118 Å². The van der Waals surface area contributed by atoms with E-state index in [-0.39, 0.29) is 24.8 Å². The van der Waals surface area contributed by atoms with E-state index in [1.165, 1.54) is 12.8 Å². The highest BCUT2D eigenvalue weighted by molar-refractivity contribution is 6.47. The minimum Gasteiger partial charge on any atom is -0.404 e. The zero-order valence-corrected chi connectivity index (χ0v) is 13.2. The smallest absolute Gasteiger partial charge is 0.404 e. The summed E-state index contributed by atoms with van der Waals surface area (Å²) < 4.78 is 12.5. The maximum Gasteiger partial charge on any atom is 0.475 e. The summed E-state index contributed by atoms with van der Waals surface area (Å²) in [4.78, 5) is 0. The summed E-state index contributed by atoms with van der Waals surface area (Å²) in [6, 6.07) is 0. The highest BCUT2D eigenvalue weighted by atomic mass is 16.7. The van der Waals surface area contributed by atoms with E-state index in [9.17, 15) is 0 Å². The maximum absolute atomic E-state index is 6.34. The van der Waals surface area contributed by atoms with Crippen LogP contribution in [0.4, 0.5) is 0 Å². The molecule has 2 aliphatic rings. The molecule has 4 heteroatoms. The van der Waals surface area contributed by atoms with Crippen molar-refractivity contribution in [3.63, 3.8) is 0 Å². The monoisotopic (exact) mass is 267 g/mol. The van der Waals surface area contributed by atoms with Gasteiger partial charge >= 0.3 is 7.12 Å². The van der Waals surface area contributed by atoms with Gasteiger partial charge < -0.3 is 15.0 Å². The van der Waals surface area contributed by atoms with Gasteiger partial charge in [-0.3, -0.25) is 0 Å². The lowest BCUT2D eigenvalue weighted by Gasteiger charge is -2.44. The molecule has 4 atom stereocenters. The Morgan fingerprint density at radius 1 is 1.26 bits per heavy atom. The minimum absolute atomic E-state index is 0.00441. The number of hydrogen-bond donors (Lipinski definition) is 1. The van der Waals surface area contributed by atoms with E-state index in [0.717, 1.165) is 12.8 Å². The van der Waals surface area contributed by atoms with Crippen molar-refractivity contribution in [2.24, 2.45) is 23.5 Å². The van der Waals surface area contributed by atoms with Gasteiger partial charge in [0, 0.05) is 5.94 Å². The SMILES string of the molecule is CC(C)CC(N)B1OC2CCCC(C(C)C)[C@]2(C)O1. The van der Waals surface area contributed by atoms with Crippen molar-refractivity contribution in [2.75, 3.05) is 0 Å². The van der Waals surface area contributed by atoms with Crippen molar-refractivity contribution in [1.29, 1.82) is 0 Å². The van der Waals surface area contributed by atoms with Crippen molar-refractivity contribution >= 4 is 7.12 Å². The molecule has 1 saturated heterocycles. The third kappa shape index (κ3) is 3.01. The van der Waals surface area contributed by atoms with Gasteiger partial charge in [-0.15, -0.1) is 0 Å². The normalized spacial score (nSPS) is 36.9. The highest BCUT2D eigenvalue weighted by Gasteiger charge is 2.56. The van der Waals surface area contributed by atoms with Crippen LogP contribution < -0.4 is 5.73 Å². The molecule has 0 amide bonds. The molecule has 3 unspecified atom stereocenters. The summed E-state index contributed by atoms with van der Waals surface area (Å²) in [5.74, 6) is 1.80. The van der Waals surface area contributed by atoms with Crippen molar-refractivity contribution in [1.82, 2.24) is 0 Å². The van der Waals surface area contributed by atoms with Crippen LogP contribution in [0, 0.1) is 17.8 Å². The van der Waals surface area contributed by atoms with Crippen LogP contribution in [0.3, 0.4) is 0 Å². The first-order valence-corrected chi connectivity index (χ1v) is 7.93. The fourth-order valence-electron chi connectivity index (χ4n) is 3.98. The Kier molecular flexibility index (Phi) is 4.64. The van der Waals surface area contributed by atoms with E-state index >= 15 is 0 Å². The fourth-order valence-corrected chi connectivity index (χ4v) is 3.98. The molecule has 0 bridgehead atoms. The first kappa shape index (κ1) is 15.3. The van der Waals surface area contributed by atoms with Gasteiger partial charge in [-0.25, -0.2) is 0 Å². The average molecular weight is 267 g/mol. The molecule has 2 rings (SSSR count). The van der Waals surface area contributed by atoms with Gasteiger partial charge in [0.1, 0.15) is 0 Å². The van der Waals surface area contributed by atoms with Crippen LogP contribution in [0.2, 0.25) is 0 Å². The maximum atomic E-state index is 6.34. The van der Waals surface area contributed by atoms with Gasteiger partial charge in [-0.1, -0.05) is 34.1 Å². The Balaban J connectivity index is 2.08. The number of hydrogen-bond acceptors (Lipinski definition) is 3. The summed E-state index contributed by atoms with van der Waals surface area (Å²) >= 11 is 0. The third-order valence-electron chi connectivity index (χ3n) is 4.92.